The summed E-state index contributed by atoms with van der Waals surface area (Å²) in [6.07, 6.45) is 1.06. The molecule has 1 aliphatic rings. The van der Waals surface area contributed by atoms with Crippen molar-refractivity contribution in [3.05, 3.63) is 29.8 Å². The van der Waals surface area contributed by atoms with Crippen LogP contribution in [0.2, 0.25) is 0 Å². The molecule has 1 aliphatic heterocycles. The highest BCUT2D eigenvalue weighted by Crippen LogP contribution is 2.26. The fourth-order valence-electron chi connectivity index (χ4n) is 2.26. The van der Waals surface area contributed by atoms with Crippen molar-refractivity contribution in [2.75, 3.05) is 6.54 Å². The van der Waals surface area contributed by atoms with Crippen LogP contribution in [-0.4, -0.2) is 36.2 Å². The zero-order chi connectivity index (χ0) is 14.9. The topological polar surface area (TPSA) is 106 Å². The van der Waals surface area contributed by atoms with Crippen LogP contribution in [0.25, 0.3) is 0 Å². The monoisotopic (exact) mass is 313 g/mol. The number of primary amides is 1. The van der Waals surface area contributed by atoms with Crippen LogP contribution in [0.3, 0.4) is 0 Å². The van der Waals surface area contributed by atoms with E-state index in [1.54, 1.807) is 12.1 Å². The molecule has 6 nitrogen and oxygen atoms in total. The van der Waals surface area contributed by atoms with Crippen molar-refractivity contribution in [1.29, 1.82) is 0 Å². The number of hydrogen-bond donors (Lipinski definition) is 2. The Morgan fingerprint density at radius 1 is 1.35 bits per heavy atom. The summed E-state index contributed by atoms with van der Waals surface area (Å²) in [7, 11) is -3.77. The summed E-state index contributed by atoms with van der Waals surface area (Å²) < 4.78 is 26.3. The van der Waals surface area contributed by atoms with E-state index in [0.29, 0.717) is 18.4 Å². The molecule has 0 saturated carbocycles. The van der Waals surface area contributed by atoms with Crippen molar-refractivity contribution in [2.24, 2.45) is 11.5 Å². The molecule has 1 amide bonds. The predicted octanol–water partition coefficient (Wildman–Crippen LogP) is -0.0408. The summed E-state index contributed by atoms with van der Waals surface area (Å²) in [5, 5.41) is 0. The first-order chi connectivity index (χ1) is 9.34. The summed E-state index contributed by atoms with van der Waals surface area (Å²) in [5.74, 6) is -0.628. The van der Waals surface area contributed by atoms with E-state index in [9.17, 15) is 13.2 Å². The van der Waals surface area contributed by atoms with Gasteiger partial charge in [0.2, 0.25) is 15.9 Å². The fourth-order valence-corrected chi connectivity index (χ4v) is 4.10. The third kappa shape index (κ3) is 2.67. The van der Waals surface area contributed by atoms with Crippen LogP contribution in [-0.2, 0) is 14.8 Å². The maximum absolute atomic E-state index is 12.6. The van der Waals surface area contributed by atoms with E-state index in [4.69, 9.17) is 23.7 Å². The summed E-state index contributed by atoms with van der Waals surface area (Å²) in [6.45, 7) is 0.285. The molecule has 108 valence electrons. The molecule has 0 aliphatic carbocycles. The zero-order valence-corrected chi connectivity index (χ0v) is 12.3. The van der Waals surface area contributed by atoms with Gasteiger partial charge in [-0.3, -0.25) is 4.79 Å². The van der Waals surface area contributed by atoms with Gasteiger partial charge < -0.3 is 11.5 Å². The van der Waals surface area contributed by atoms with Gasteiger partial charge in [0.1, 0.15) is 11.0 Å². The third-order valence-corrected chi connectivity index (χ3v) is 5.40. The van der Waals surface area contributed by atoms with Crippen LogP contribution in [0.4, 0.5) is 0 Å². The number of carbonyl (C=O) groups excluding carboxylic acids is 1. The van der Waals surface area contributed by atoms with Crippen molar-refractivity contribution in [2.45, 2.75) is 23.8 Å². The van der Waals surface area contributed by atoms with E-state index < -0.39 is 22.0 Å². The molecule has 1 saturated heterocycles. The summed E-state index contributed by atoms with van der Waals surface area (Å²) in [5.41, 5.74) is 11.2. The second kappa shape index (κ2) is 5.47. The maximum Gasteiger partial charge on any atom is 0.243 e. The molecule has 8 heteroatoms. The second-order valence-electron chi connectivity index (χ2n) is 4.57. The van der Waals surface area contributed by atoms with Crippen LogP contribution < -0.4 is 11.5 Å². The van der Waals surface area contributed by atoms with Gasteiger partial charge in [-0.05, 0) is 25.0 Å². The Kier molecular flexibility index (Phi) is 4.07. The Balaban J connectivity index is 2.42. The Hall–Kier alpha value is -1.51. The molecule has 0 spiro atoms. The van der Waals surface area contributed by atoms with E-state index in [0.717, 1.165) is 4.31 Å². The summed E-state index contributed by atoms with van der Waals surface area (Å²) in [4.78, 5) is 11.5. The Labute approximate surface area is 122 Å². The molecule has 20 heavy (non-hydrogen) atoms. The van der Waals surface area contributed by atoms with Crippen molar-refractivity contribution in [3.63, 3.8) is 0 Å². The minimum atomic E-state index is -3.77. The largest absolute Gasteiger partial charge is 0.389 e. The van der Waals surface area contributed by atoms with Crippen LogP contribution in [0, 0.1) is 0 Å². The molecular weight excluding hydrogens is 298 g/mol. The average Bonchev–Trinajstić information content (AvgIpc) is 2.89. The number of benzene rings is 1. The standard InChI is InChI=1S/C12H15N3O3S2/c13-11(16)10-5-2-6-15(10)20(17,18)9-4-1-3-8(7-9)12(14)19/h1,3-4,7,10H,2,5-6H2,(H2,13,16)(H2,14,19). The maximum atomic E-state index is 12.6. The van der Waals surface area contributed by atoms with Crippen LogP contribution in [0.5, 0.6) is 0 Å². The van der Waals surface area contributed by atoms with Gasteiger partial charge in [-0.25, -0.2) is 8.42 Å². The quantitative estimate of drug-likeness (QED) is 0.759. The van der Waals surface area contributed by atoms with Crippen LogP contribution in [0.1, 0.15) is 18.4 Å². The fraction of sp³-hybridized carbons (Fsp3) is 0.333. The highest BCUT2D eigenvalue weighted by atomic mass is 32.2. The van der Waals surface area contributed by atoms with Gasteiger partial charge in [-0.15, -0.1) is 0 Å². The van der Waals surface area contributed by atoms with Gasteiger partial charge >= 0.3 is 0 Å². The first kappa shape index (κ1) is 14.9. The number of nitrogens with zero attached hydrogens (tertiary/aromatic N) is 1. The number of rotatable bonds is 4. The number of thiocarbonyl (C=S) groups is 1. The number of sulfonamides is 1. The lowest BCUT2D eigenvalue weighted by Crippen LogP contribution is -2.43. The van der Waals surface area contributed by atoms with Crippen molar-refractivity contribution >= 4 is 33.1 Å². The molecule has 4 N–H and O–H groups in total. The first-order valence-corrected chi connectivity index (χ1v) is 7.90. The normalized spacial score (nSPS) is 19.9. The highest BCUT2D eigenvalue weighted by molar-refractivity contribution is 7.89. The molecular formula is C12H15N3O3S2. The second-order valence-corrected chi connectivity index (χ2v) is 6.90. The van der Waals surface area contributed by atoms with Crippen molar-refractivity contribution < 1.29 is 13.2 Å². The minimum absolute atomic E-state index is 0.0657. The van der Waals surface area contributed by atoms with Gasteiger partial charge in [0, 0.05) is 12.1 Å². The lowest BCUT2D eigenvalue weighted by molar-refractivity contribution is -0.121. The third-order valence-electron chi connectivity index (χ3n) is 3.26. The molecule has 2 rings (SSSR count). The van der Waals surface area contributed by atoms with Crippen molar-refractivity contribution in [3.8, 4) is 0 Å². The zero-order valence-electron chi connectivity index (χ0n) is 10.7. The molecule has 1 unspecified atom stereocenters. The number of carbonyl (C=O) groups is 1. The van der Waals surface area contributed by atoms with Gasteiger partial charge in [-0.1, -0.05) is 24.4 Å². The molecule has 0 radical (unpaired) electrons. The van der Waals surface area contributed by atoms with E-state index in [1.807, 2.05) is 0 Å². The highest BCUT2D eigenvalue weighted by Gasteiger charge is 2.38. The van der Waals surface area contributed by atoms with E-state index in [-0.39, 0.29) is 16.4 Å². The Morgan fingerprint density at radius 2 is 2.05 bits per heavy atom. The number of amides is 1. The minimum Gasteiger partial charge on any atom is -0.389 e. The summed E-state index contributed by atoms with van der Waals surface area (Å²) >= 11 is 4.84. The SMILES string of the molecule is NC(=O)C1CCCN1S(=O)(=O)c1cccc(C(N)=S)c1. The number of nitrogens with two attached hydrogens (primary N) is 2. The lowest BCUT2D eigenvalue weighted by atomic mass is 10.2. The molecule has 0 bridgehead atoms. The molecule has 1 heterocycles. The lowest BCUT2D eigenvalue weighted by Gasteiger charge is -2.21. The van der Waals surface area contributed by atoms with Crippen LogP contribution >= 0.6 is 12.2 Å². The molecule has 0 aromatic heterocycles. The smallest absolute Gasteiger partial charge is 0.243 e. The van der Waals surface area contributed by atoms with Crippen LogP contribution in [0.15, 0.2) is 29.2 Å². The van der Waals surface area contributed by atoms with E-state index in [1.165, 1.54) is 12.1 Å². The molecule has 1 fully saturated rings. The van der Waals surface area contributed by atoms with E-state index >= 15 is 0 Å². The van der Waals surface area contributed by atoms with Gasteiger partial charge in [0.05, 0.1) is 4.90 Å². The average molecular weight is 313 g/mol. The van der Waals surface area contributed by atoms with Crippen molar-refractivity contribution in [1.82, 2.24) is 4.31 Å². The predicted molar refractivity (Wildman–Crippen MR) is 78.4 cm³/mol. The van der Waals surface area contributed by atoms with Gasteiger partial charge in [0.25, 0.3) is 0 Å². The number of hydrogen-bond acceptors (Lipinski definition) is 4. The molecule has 1 aromatic carbocycles. The Bertz CT molecular complexity index is 658. The Morgan fingerprint density at radius 3 is 2.65 bits per heavy atom. The van der Waals surface area contributed by atoms with Gasteiger partial charge in [0.15, 0.2) is 0 Å². The summed E-state index contributed by atoms with van der Waals surface area (Å²) in [6, 6.07) is 5.28. The van der Waals surface area contributed by atoms with Gasteiger partial charge in [-0.2, -0.15) is 4.31 Å². The molecule has 1 aromatic rings. The first-order valence-electron chi connectivity index (χ1n) is 6.05. The van der Waals surface area contributed by atoms with E-state index in [2.05, 4.69) is 0 Å². The molecule has 1 atom stereocenters.